The summed E-state index contributed by atoms with van der Waals surface area (Å²) in [5, 5.41) is 0. The third kappa shape index (κ3) is 2.39. The van der Waals surface area contributed by atoms with Crippen LogP contribution in [0.25, 0.3) is 0 Å². The zero-order chi connectivity index (χ0) is 11.5. The molecule has 2 rings (SSSR count). The molecule has 4 heteroatoms. The number of fused-ring (bicyclic) bond motifs is 1. The summed E-state index contributed by atoms with van der Waals surface area (Å²) in [5.41, 5.74) is 6.87. The molecule has 1 aromatic carbocycles. The average molecular weight is 222 g/mol. The Morgan fingerprint density at radius 1 is 1.38 bits per heavy atom. The number of nitrogens with two attached hydrogens (primary N) is 1. The van der Waals surface area contributed by atoms with E-state index in [4.69, 9.17) is 15.2 Å². The first kappa shape index (κ1) is 11.1. The van der Waals surface area contributed by atoms with Crippen molar-refractivity contribution >= 4 is 5.69 Å². The molecule has 0 amide bonds. The van der Waals surface area contributed by atoms with Crippen molar-refractivity contribution in [3.8, 4) is 11.5 Å². The molecule has 4 nitrogen and oxygen atoms in total. The van der Waals surface area contributed by atoms with Gasteiger partial charge in [0.2, 0.25) is 6.79 Å². The highest BCUT2D eigenvalue weighted by Gasteiger charge is 2.14. The van der Waals surface area contributed by atoms with Gasteiger partial charge in [-0.1, -0.05) is 0 Å². The first-order valence-corrected chi connectivity index (χ1v) is 5.53. The SMILES string of the molecule is CC(N)CCN(C)c1ccc2c(c1)OCO2. The van der Waals surface area contributed by atoms with Gasteiger partial charge in [-0.15, -0.1) is 0 Å². The van der Waals surface area contributed by atoms with Crippen molar-refractivity contribution in [1.29, 1.82) is 0 Å². The largest absolute Gasteiger partial charge is 0.454 e. The number of benzene rings is 1. The highest BCUT2D eigenvalue weighted by Crippen LogP contribution is 2.35. The van der Waals surface area contributed by atoms with Gasteiger partial charge in [0.15, 0.2) is 11.5 Å². The lowest BCUT2D eigenvalue weighted by atomic mass is 10.2. The molecule has 0 saturated heterocycles. The topological polar surface area (TPSA) is 47.7 Å². The van der Waals surface area contributed by atoms with E-state index in [9.17, 15) is 0 Å². The Kier molecular flexibility index (Phi) is 3.19. The lowest BCUT2D eigenvalue weighted by molar-refractivity contribution is 0.174. The van der Waals surface area contributed by atoms with Gasteiger partial charge in [0.25, 0.3) is 0 Å². The summed E-state index contributed by atoms with van der Waals surface area (Å²) in [4.78, 5) is 2.17. The van der Waals surface area contributed by atoms with E-state index in [1.807, 2.05) is 25.1 Å². The summed E-state index contributed by atoms with van der Waals surface area (Å²) in [6.45, 7) is 3.28. The van der Waals surface area contributed by atoms with Gasteiger partial charge >= 0.3 is 0 Å². The molecule has 0 aliphatic carbocycles. The summed E-state index contributed by atoms with van der Waals surface area (Å²) in [6.07, 6.45) is 0.977. The van der Waals surface area contributed by atoms with E-state index in [0.717, 1.165) is 30.2 Å². The molecule has 1 aromatic rings. The Morgan fingerprint density at radius 3 is 2.88 bits per heavy atom. The van der Waals surface area contributed by atoms with Gasteiger partial charge in [-0.2, -0.15) is 0 Å². The van der Waals surface area contributed by atoms with E-state index in [2.05, 4.69) is 11.9 Å². The van der Waals surface area contributed by atoms with E-state index >= 15 is 0 Å². The third-order valence-corrected chi connectivity index (χ3v) is 2.72. The first-order chi connectivity index (χ1) is 7.66. The van der Waals surface area contributed by atoms with Crippen LogP contribution in [0, 0.1) is 0 Å². The van der Waals surface area contributed by atoms with Crippen LogP contribution in [0.4, 0.5) is 5.69 Å². The van der Waals surface area contributed by atoms with Gasteiger partial charge in [0, 0.05) is 31.4 Å². The highest BCUT2D eigenvalue weighted by molar-refractivity contribution is 5.56. The standard InChI is InChI=1S/C12H18N2O2/c1-9(13)5-6-14(2)10-3-4-11-12(7-10)16-8-15-11/h3-4,7,9H,5-6,8,13H2,1-2H3. The molecule has 88 valence electrons. The molecule has 0 aromatic heterocycles. The second-order valence-electron chi connectivity index (χ2n) is 4.23. The van der Waals surface area contributed by atoms with Gasteiger partial charge in [-0.25, -0.2) is 0 Å². The summed E-state index contributed by atoms with van der Waals surface area (Å²) in [6, 6.07) is 6.22. The molecule has 0 bridgehead atoms. The van der Waals surface area contributed by atoms with Crippen LogP contribution in [0.3, 0.4) is 0 Å². The molecule has 1 heterocycles. The van der Waals surface area contributed by atoms with Crippen LogP contribution in [0.2, 0.25) is 0 Å². The van der Waals surface area contributed by atoms with Crippen LogP contribution < -0.4 is 20.1 Å². The minimum Gasteiger partial charge on any atom is -0.454 e. The maximum Gasteiger partial charge on any atom is 0.231 e. The normalized spacial score (nSPS) is 14.9. The van der Waals surface area contributed by atoms with Crippen molar-refractivity contribution in [1.82, 2.24) is 0 Å². The molecule has 1 unspecified atom stereocenters. The van der Waals surface area contributed by atoms with Crippen LogP contribution in [0.5, 0.6) is 11.5 Å². The predicted octanol–water partition coefficient (Wildman–Crippen LogP) is 1.59. The van der Waals surface area contributed by atoms with Crippen LogP contribution in [-0.4, -0.2) is 26.4 Å². The number of nitrogens with zero attached hydrogens (tertiary/aromatic N) is 1. The lowest BCUT2D eigenvalue weighted by Crippen LogP contribution is -2.25. The smallest absolute Gasteiger partial charge is 0.231 e. The summed E-state index contributed by atoms with van der Waals surface area (Å²) in [5.74, 6) is 1.65. The fraction of sp³-hybridized carbons (Fsp3) is 0.500. The van der Waals surface area contributed by atoms with Gasteiger partial charge in [0.1, 0.15) is 0 Å². The van der Waals surface area contributed by atoms with Gasteiger partial charge < -0.3 is 20.1 Å². The van der Waals surface area contributed by atoms with Crippen molar-refractivity contribution < 1.29 is 9.47 Å². The van der Waals surface area contributed by atoms with Gasteiger partial charge in [-0.3, -0.25) is 0 Å². The third-order valence-electron chi connectivity index (χ3n) is 2.72. The second kappa shape index (κ2) is 4.61. The first-order valence-electron chi connectivity index (χ1n) is 5.53. The Labute approximate surface area is 95.9 Å². The molecule has 16 heavy (non-hydrogen) atoms. The monoisotopic (exact) mass is 222 g/mol. The van der Waals surface area contributed by atoms with Crippen LogP contribution in [0.1, 0.15) is 13.3 Å². The molecular formula is C12H18N2O2. The fourth-order valence-corrected chi connectivity index (χ4v) is 1.65. The number of hydrogen-bond donors (Lipinski definition) is 1. The van der Waals surface area contributed by atoms with Crippen LogP contribution >= 0.6 is 0 Å². The molecule has 2 N–H and O–H groups in total. The van der Waals surface area contributed by atoms with Crippen LogP contribution in [-0.2, 0) is 0 Å². The second-order valence-corrected chi connectivity index (χ2v) is 4.23. The molecule has 1 aliphatic heterocycles. The average Bonchev–Trinajstić information content (AvgIpc) is 2.72. The lowest BCUT2D eigenvalue weighted by Gasteiger charge is -2.20. The number of hydrogen-bond acceptors (Lipinski definition) is 4. The van der Waals surface area contributed by atoms with E-state index in [1.165, 1.54) is 0 Å². The molecule has 0 spiro atoms. The summed E-state index contributed by atoms with van der Waals surface area (Å²) in [7, 11) is 2.06. The molecular weight excluding hydrogens is 204 g/mol. The minimum atomic E-state index is 0.233. The van der Waals surface area contributed by atoms with Crippen molar-refractivity contribution in [3.63, 3.8) is 0 Å². The van der Waals surface area contributed by atoms with Crippen molar-refractivity contribution in [2.45, 2.75) is 19.4 Å². The molecule has 0 saturated carbocycles. The summed E-state index contributed by atoms with van der Waals surface area (Å²) >= 11 is 0. The number of ether oxygens (including phenoxy) is 2. The fourth-order valence-electron chi connectivity index (χ4n) is 1.65. The maximum absolute atomic E-state index is 5.74. The van der Waals surface area contributed by atoms with Gasteiger partial charge in [-0.05, 0) is 25.5 Å². The number of rotatable bonds is 4. The molecule has 0 radical (unpaired) electrons. The minimum absolute atomic E-state index is 0.233. The molecule has 1 atom stereocenters. The highest BCUT2D eigenvalue weighted by atomic mass is 16.7. The van der Waals surface area contributed by atoms with Crippen molar-refractivity contribution in [2.24, 2.45) is 5.73 Å². The van der Waals surface area contributed by atoms with E-state index in [-0.39, 0.29) is 6.04 Å². The van der Waals surface area contributed by atoms with Gasteiger partial charge in [0.05, 0.1) is 0 Å². The zero-order valence-corrected chi connectivity index (χ0v) is 9.77. The number of anilines is 1. The Balaban J connectivity index is 2.03. The zero-order valence-electron chi connectivity index (χ0n) is 9.77. The van der Waals surface area contributed by atoms with Crippen molar-refractivity contribution in [2.75, 3.05) is 25.3 Å². The Morgan fingerprint density at radius 2 is 2.12 bits per heavy atom. The van der Waals surface area contributed by atoms with E-state index in [0.29, 0.717) is 6.79 Å². The predicted molar refractivity (Wildman–Crippen MR) is 64.1 cm³/mol. The van der Waals surface area contributed by atoms with E-state index in [1.54, 1.807) is 0 Å². The van der Waals surface area contributed by atoms with Crippen LogP contribution in [0.15, 0.2) is 18.2 Å². The Hall–Kier alpha value is -1.42. The molecule has 1 aliphatic rings. The molecule has 0 fully saturated rings. The summed E-state index contributed by atoms with van der Waals surface area (Å²) < 4.78 is 10.6. The van der Waals surface area contributed by atoms with E-state index < -0.39 is 0 Å². The Bertz CT molecular complexity index is 366. The van der Waals surface area contributed by atoms with Crippen molar-refractivity contribution in [3.05, 3.63) is 18.2 Å². The maximum atomic E-state index is 5.74. The quantitative estimate of drug-likeness (QED) is 0.840.